The van der Waals surface area contributed by atoms with Crippen LogP contribution in [0, 0.1) is 0 Å². The lowest BCUT2D eigenvalue weighted by atomic mass is 10.1. The van der Waals surface area contributed by atoms with E-state index in [4.69, 9.17) is 58.0 Å². The maximum Gasteiger partial charge on any atom is 0.363 e. The number of aliphatic imine (C=N–C) groups is 4. The lowest BCUT2D eigenvalue weighted by Gasteiger charge is -2.08. The summed E-state index contributed by atoms with van der Waals surface area (Å²) in [5, 5.41) is 26.0. The molecule has 0 amide bonds. The number of carbonyl (C=O) groups excluding carboxylic acids is 8. The first-order valence-electron chi connectivity index (χ1n) is 34.8. The molecule has 4 aliphatic rings. The third-order valence-electron chi connectivity index (χ3n) is 15.1. The fourth-order valence-corrected chi connectivity index (χ4v) is 9.63. The number of rotatable bonds is 25. The zero-order valence-corrected chi connectivity index (χ0v) is 60.7. The maximum atomic E-state index is 12.5. The molecule has 4 heterocycles. The number of phenols is 1. The van der Waals surface area contributed by atoms with Crippen LogP contribution < -0.4 is 18.9 Å². The second-order valence-electron chi connectivity index (χ2n) is 23.4. The Kier molecular flexibility index (Phi) is 34.3. The smallest absolute Gasteiger partial charge is 0.363 e. The molecule has 0 aromatic heterocycles. The largest absolute Gasteiger partial charge is 0.508 e. The van der Waals surface area contributed by atoms with Crippen LogP contribution in [0.3, 0.4) is 0 Å². The number of epoxide rings is 1. The SMILES string of the molecule is C.C1CO1.CN=Cc1ccc(OCCOC(=O)c2cccc(C3=N/C(=C/c4ccccc4)C(=O)O3)c2)cc1.O=C1OC(c2cccc(OCO)c2)=N/C1=C/c1ccccc1.O=Cc1ccc(O)cc1.O=Cc1ccc(OCCO)cc1.O=Cc1ccc(OCCOC(=O)c2cccc(C3=N/C(=C/c4ccccc4)C(=O)O3)c2)cc1. The number of nitrogens with zero attached hydrogens (tertiary/aromatic N) is 4. The molecule has 0 saturated carbocycles. The van der Waals surface area contributed by atoms with Crippen molar-refractivity contribution in [1.29, 1.82) is 0 Å². The van der Waals surface area contributed by atoms with Gasteiger partial charge in [-0.05, 0) is 192 Å². The van der Waals surface area contributed by atoms with E-state index in [1.807, 2.05) is 115 Å². The number of aromatic hydroxyl groups is 1. The molecule has 1 fully saturated rings. The summed E-state index contributed by atoms with van der Waals surface area (Å²) in [6, 6.07) is 74.8. The summed E-state index contributed by atoms with van der Waals surface area (Å²) < 4.78 is 52.0. The number of cyclic esters (lactones) is 3. The van der Waals surface area contributed by atoms with Crippen LogP contribution >= 0.6 is 0 Å². The van der Waals surface area contributed by atoms with Gasteiger partial charge in [0.15, 0.2) is 23.9 Å². The van der Waals surface area contributed by atoms with Crippen LogP contribution in [0.1, 0.15) is 98.2 Å². The standard InChI is InChI=1S/C27H22N2O5.C26H19NO6.C17H13NO4.C9H10O3.C7H6O2.C2H4O.CH4/c1-28-18-20-10-12-23(13-11-20)32-14-15-33-26(30)22-9-5-8-21(17-22)25-29-24(27(31)34-25)16-19-6-3-2-4-7-19;28-17-19-9-11-22(12-10-19)31-13-14-32-25(29)21-8-4-7-20(16-21)24-27-23(26(30)33-24)15-18-5-2-1-3-6-18;19-11-21-14-8-4-7-13(10-14)16-18-15(17(20)22-16)9-12-5-2-1-3-6-12;10-5-6-12-9-3-1-8(7-11)2-4-9;8-5-6-1-3-7(9)4-2-6;1-2-3-1;/h2-13,16-18H,14-15H2,1H3;1-12,15-17H,13-14H2;1-10,19H,11H2;1-4,7,10H,5-6H2;1-5,9H;1-2H2;1H4/b24-16+,28-18?;23-15+;15-9+;;;;. The average Bonchev–Trinajstić information content (AvgIpc) is 1.67. The lowest BCUT2D eigenvalue weighted by molar-refractivity contribution is -0.130. The molecule has 0 radical (unpaired) electrons. The molecule has 10 aromatic carbocycles. The van der Waals surface area contributed by atoms with Gasteiger partial charge in [0.25, 0.3) is 0 Å². The van der Waals surface area contributed by atoms with E-state index < -0.39 is 36.6 Å². The number of benzene rings is 10. The van der Waals surface area contributed by atoms with Crippen molar-refractivity contribution in [3.8, 4) is 28.7 Å². The van der Waals surface area contributed by atoms with Crippen LogP contribution in [-0.2, 0) is 42.8 Å². The van der Waals surface area contributed by atoms with Gasteiger partial charge in [0, 0.05) is 46.6 Å². The maximum absolute atomic E-state index is 12.5. The lowest BCUT2D eigenvalue weighted by Crippen LogP contribution is -2.13. The third kappa shape index (κ3) is 28.4. The first-order chi connectivity index (χ1) is 55.2. The molecule has 3 N–H and O–H groups in total. The number of hydrogen-bond acceptors (Lipinski definition) is 25. The van der Waals surface area contributed by atoms with Crippen molar-refractivity contribution in [3.05, 3.63) is 345 Å². The number of hydrogen-bond donors (Lipinski definition) is 3. The Bertz CT molecular complexity index is 5080. The first-order valence-corrected chi connectivity index (χ1v) is 34.8. The summed E-state index contributed by atoms with van der Waals surface area (Å²) in [6.07, 6.45) is 8.97. The van der Waals surface area contributed by atoms with Crippen molar-refractivity contribution in [2.75, 3.05) is 66.7 Å². The second-order valence-corrected chi connectivity index (χ2v) is 23.4. The molecule has 0 spiro atoms. The molecule has 580 valence electrons. The molecule has 1 saturated heterocycles. The molecule has 0 bridgehead atoms. The zero-order chi connectivity index (χ0) is 79.8. The van der Waals surface area contributed by atoms with Crippen molar-refractivity contribution >= 4 is 90.8 Å². The molecule has 10 aromatic rings. The normalized spacial score (nSPS) is 13.6. The first kappa shape index (κ1) is 85.0. The van der Waals surface area contributed by atoms with Crippen molar-refractivity contribution in [2.45, 2.75) is 7.43 Å². The number of ether oxygens (including phenoxy) is 10. The van der Waals surface area contributed by atoms with Crippen molar-refractivity contribution in [1.82, 2.24) is 0 Å². The molecule has 114 heavy (non-hydrogen) atoms. The minimum absolute atomic E-state index is 0. The van der Waals surface area contributed by atoms with Gasteiger partial charge >= 0.3 is 29.8 Å². The summed E-state index contributed by atoms with van der Waals surface area (Å²) in [5.41, 5.74) is 8.09. The van der Waals surface area contributed by atoms with Gasteiger partial charge in [0.2, 0.25) is 17.7 Å². The van der Waals surface area contributed by atoms with Crippen LogP contribution in [0.25, 0.3) is 18.2 Å². The van der Waals surface area contributed by atoms with E-state index in [1.165, 1.54) is 12.1 Å². The number of carbonyl (C=O) groups is 8. The summed E-state index contributed by atoms with van der Waals surface area (Å²) in [5.74, 6) is 0.398. The van der Waals surface area contributed by atoms with Crippen LogP contribution in [0.5, 0.6) is 28.7 Å². The number of aliphatic hydroxyl groups excluding tert-OH is 2. The second kappa shape index (κ2) is 46.0. The van der Waals surface area contributed by atoms with Crippen molar-refractivity contribution in [2.24, 2.45) is 20.0 Å². The highest BCUT2D eigenvalue weighted by Gasteiger charge is 2.28. The molecular weight excluding hydrogens is 1460 g/mol. The van der Waals surface area contributed by atoms with Gasteiger partial charge in [0.05, 0.1) is 30.9 Å². The molecule has 14 rings (SSSR count). The summed E-state index contributed by atoms with van der Waals surface area (Å²) in [4.78, 5) is 109. The van der Waals surface area contributed by atoms with E-state index in [0.29, 0.717) is 67.5 Å². The Morgan fingerprint density at radius 3 is 1.08 bits per heavy atom. The van der Waals surface area contributed by atoms with Crippen LogP contribution in [-0.4, -0.2) is 155 Å². The quantitative estimate of drug-likeness (QED) is 0.00699. The molecule has 0 unspecified atom stereocenters. The fraction of sp³-hybridized carbons (Fsp3) is 0.124. The highest BCUT2D eigenvalue weighted by molar-refractivity contribution is 6.15. The minimum atomic E-state index is -0.555. The van der Waals surface area contributed by atoms with E-state index in [-0.39, 0.29) is 87.6 Å². The number of aliphatic hydroxyl groups is 2. The van der Waals surface area contributed by atoms with Gasteiger partial charge in [-0.3, -0.25) is 19.4 Å². The van der Waals surface area contributed by atoms with Gasteiger partial charge in [-0.25, -0.2) is 38.9 Å². The van der Waals surface area contributed by atoms with Crippen molar-refractivity contribution in [3.63, 3.8) is 0 Å². The van der Waals surface area contributed by atoms with Gasteiger partial charge < -0.3 is 62.7 Å². The van der Waals surface area contributed by atoms with Gasteiger partial charge in [-0.2, -0.15) is 0 Å². The van der Waals surface area contributed by atoms with E-state index in [2.05, 4.69) is 24.7 Å². The predicted molar refractivity (Wildman–Crippen MR) is 427 cm³/mol. The van der Waals surface area contributed by atoms with Gasteiger partial charge in [0.1, 0.15) is 80.6 Å². The average molecular weight is 1540 g/mol. The van der Waals surface area contributed by atoms with Crippen LogP contribution in [0.15, 0.2) is 298 Å². The van der Waals surface area contributed by atoms with Crippen LogP contribution in [0.4, 0.5) is 0 Å². The highest BCUT2D eigenvalue weighted by atomic mass is 16.6. The van der Waals surface area contributed by atoms with E-state index >= 15 is 0 Å². The number of esters is 5. The van der Waals surface area contributed by atoms with Crippen molar-refractivity contribution < 1.29 is 101 Å². The highest BCUT2D eigenvalue weighted by Crippen LogP contribution is 2.25. The third-order valence-corrected chi connectivity index (χ3v) is 15.1. The van der Waals surface area contributed by atoms with Gasteiger partial charge in [-0.15, -0.1) is 0 Å². The Balaban J connectivity index is 0.000000188. The summed E-state index contributed by atoms with van der Waals surface area (Å²) in [6.45, 7) is 2.35. The molecule has 0 aliphatic carbocycles. The Morgan fingerprint density at radius 2 is 0.737 bits per heavy atom. The Labute approximate surface area is 656 Å². The predicted octanol–water partition coefficient (Wildman–Crippen LogP) is 13.5. The van der Waals surface area contributed by atoms with Gasteiger partial charge in [-0.1, -0.05) is 117 Å². The summed E-state index contributed by atoms with van der Waals surface area (Å²) >= 11 is 0. The van der Waals surface area contributed by atoms with Crippen LogP contribution in [0.2, 0.25) is 0 Å². The van der Waals surface area contributed by atoms with E-state index in [9.17, 15) is 38.4 Å². The fourth-order valence-electron chi connectivity index (χ4n) is 9.63. The molecule has 25 nitrogen and oxygen atoms in total. The Morgan fingerprint density at radius 1 is 0.395 bits per heavy atom. The molecular formula is C89H78N4O21. The topological polar surface area (TPSA) is 342 Å². The molecule has 25 heteroatoms. The number of phenolic OH excluding ortho intramolecular Hbond substituents is 1. The molecule has 4 aliphatic heterocycles. The van der Waals surface area contributed by atoms with E-state index in [1.54, 1.807) is 165 Å². The van der Waals surface area contributed by atoms with E-state index in [0.717, 1.165) is 54.3 Å². The molecule has 0 atom stereocenters. The monoisotopic (exact) mass is 1540 g/mol. The zero-order valence-electron chi connectivity index (χ0n) is 60.7. The number of aldehydes is 3. The summed E-state index contributed by atoms with van der Waals surface area (Å²) in [7, 11) is 1.71. The minimum Gasteiger partial charge on any atom is -0.508 e. The Hall–Kier alpha value is -14.7.